The molecule has 0 radical (unpaired) electrons. The second-order valence-electron chi connectivity index (χ2n) is 8.49. The molecule has 0 amide bonds. The lowest BCUT2D eigenvalue weighted by Gasteiger charge is -2.18. The quantitative estimate of drug-likeness (QED) is 0.539. The predicted molar refractivity (Wildman–Crippen MR) is 123 cm³/mol. The van der Waals surface area contributed by atoms with Gasteiger partial charge in [0.05, 0.1) is 6.54 Å². The van der Waals surface area contributed by atoms with Crippen LogP contribution in [0.25, 0.3) is 0 Å². The minimum Gasteiger partial charge on any atom is -0.475 e. The van der Waals surface area contributed by atoms with Crippen LogP contribution in [0.4, 0.5) is 26.3 Å². The van der Waals surface area contributed by atoms with E-state index in [-0.39, 0.29) is 5.56 Å². The number of aliphatic carboxylic acids is 2. The van der Waals surface area contributed by atoms with Crippen LogP contribution in [0.3, 0.4) is 0 Å². The van der Waals surface area contributed by atoms with Gasteiger partial charge in [0.1, 0.15) is 11.5 Å². The van der Waals surface area contributed by atoms with Crippen LogP contribution in [0, 0.1) is 6.92 Å². The van der Waals surface area contributed by atoms with Crippen molar-refractivity contribution in [2.45, 2.75) is 45.2 Å². The van der Waals surface area contributed by atoms with Crippen molar-refractivity contribution in [3.63, 3.8) is 0 Å². The van der Waals surface area contributed by atoms with E-state index in [2.05, 4.69) is 15.9 Å². The Morgan fingerprint density at radius 2 is 1.47 bits per heavy atom. The number of carboxylic acid groups (broad SMARTS) is 2. The van der Waals surface area contributed by atoms with Gasteiger partial charge in [-0.05, 0) is 45.1 Å². The largest absolute Gasteiger partial charge is 0.490 e. The van der Waals surface area contributed by atoms with Crippen molar-refractivity contribution >= 4 is 11.9 Å². The van der Waals surface area contributed by atoms with Crippen molar-refractivity contribution in [1.82, 2.24) is 14.4 Å². The van der Waals surface area contributed by atoms with Crippen molar-refractivity contribution < 1.29 is 50.6 Å². The summed E-state index contributed by atoms with van der Waals surface area (Å²) >= 11 is 0. The maximum absolute atomic E-state index is 12.3. The molecular weight excluding hydrogens is 528 g/mol. The Morgan fingerprint density at radius 3 is 1.92 bits per heavy atom. The fraction of sp³-hybridized carbons (Fsp3) is 0.522. The molecule has 38 heavy (non-hydrogen) atoms. The molecule has 0 unspecified atom stereocenters. The van der Waals surface area contributed by atoms with Crippen LogP contribution in [0.1, 0.15) is 22.8 Å². The first-order chi connectivity index (χ1) is 17.4. The zero-order valence-corrected chi connectivity index (χ0v) is 20.9. The SMILES string of the molecule is Cc1ccc(CN2CCc3ccc(=O)n(CCN(C)C)c3CC2)o1.O=C(O)C(F)(F)F.O=C(O)C(F)(F)F. The van der Waals surface area contributed by atoms with E-state index in [1.165, 1.54) is 11.3 Å². The average molecular weight is 557 g/mol. The number of carbonyl (C=O) groups is 2. The number of fused-ring (bicyclic) bond motifs is 1. The molecule has 214 valence electrons. The first-order valence-electron chi connectivity index (χ1n) is 11.2. The monoisotopic (exact) mass is 557 g/mol. The summed E-state index contributed by atoms with van der Waals surface area (Å²) in [6.07, 6.45) is -8.27. The lowest BCUT2D eigenvalue weighted by atomic mass is 10.1. The van der Waals surface area contributed by atoms with Crippen LogP contribution in [0.15, 0.2) is 33.5 Å². The van der Waals surface area contributed by atoms with Crippen LogP contribution in [0.2, 0.25) is 0 Å². The molecule has 0 atom stereocenters. The third-order valence-corrected chi connectivity index (χ3v) is 5.18. The number of nitrogens with zero attached hydrogens (tertiary/aromatic N) is 3. The molecule has 0 saturated carbocycles. The highest BCUT2D eigenvalue weighted by molar-refractivity contribution is 5.73. The molecule has 3 heterocycles. The van der Waals surface area contributed by atoms with E-state index in [0.29, 0.717) is 0 Å². The molecular formula is C23H29F6N3O6. The number of halogens is 6. The van der Waals surface area contributed by atoms with E-state index in [9.17, 15) is 31.1 Å². The number of furan rings is 1. The van der Waals surface area contributed by atoms with Gasteiger partial charge in [-0.25, -0.2) is 9.59 Å². The summed E-state index contributed by atoms with van der Waals surface area (Å²) in [6.45, 7) is 6.41. The van der Waals surface area contributed by atoms with Crippen LogP contribution in [-0.4, -0.2) is 82.6 Å². The Bertz CT molecular complexity index is 1100. The Kier molecular flexibility index (Phi) is 12.0. The van der Waals surface area contributed by atoms with Gasteiger partial charge in [0.15, 0.2) is 0 Å². The van der Waals surface area contributed by atoms with E-state index in [1.54, 1.807) is 6.07 Å². The summed E-state index contributed by atoms with van der Waals surface area (Å²) in [6, 6.07) is 7.81. The van der Waals surface area contributed by atoms with Crippen molar-refractivity contribution in [3.8, 4) is 0 Å². The first-order valence-corrected chi connectivity index (χ1v) is 11.2. The summed E-state index contributed by atoms with van der Waals surface area (Å²) in [5.41, 5.74) is 2.64. The molecule has 0 aromatic carbocycles. The summed E-state index contributed by atoms with van der Waals surface area (Å²) in [7, 11) is 4.08. The number of pyridine rings is 1. The molecule has 2 aromatic heterocycles. The topological polar surface area (TPSA) is 116 Å². The third kappa shape index (κ3) is 11.4. The van der Waals surface area contributed by atoms with E-state index in [1.807, 2.05) is 37.7 Å². The molecule has 0 saturated heterocycles. The normalized spacial score (nSPS) is 13.9. The molecule has 2 aromatic rings. The molecule has 2 N–H and O–H groups in total. The smallest absolute Gasteiger partial charge is 0.475 e. The maximum Gasteiger partial charge on any atom is 0.490 e. The van der Waals surface area contributed by atoms with Crippen LogP contribution in [-0.2, 0) is 35.5 Å². The molecule has 3 rings (SSSR count). The number of likely N-dealkylation sites (N-methyl/N-ethyl adjacent to an activating group) is 1. The number of alkyl halides is 6. The van der Waals surface area contributed by atoms with Crippen molar-refractivity contribution in [3.05, 3.63) is 57.4 Å². The third-order valence-electron chi connectivity index (χ3n) is 5.18. The first kappa shape index (κ1) is 32.7. The second-order valence-corrected chi connectivity index (χ2v) is 8.49. The van der Waals surface area contributed by atoms with Gasteiger partial charge in [-0.3, -0.25) is 9.69 Å². The molecule has 0 aliphatic carbocycles. The summed E-state index contributed by atoms with van der Waals surface area (Å²) in [4.78, 5) is 34.6. The van der Waals surface area contributed by atoms with Crippen LogP contribution >= 0.6 is 0 Å². The lowest BCUT2D eigenvalue weighted by Crippen LogP contribution is -2.30. The molecule has 0 fully saturated rings. The Hall–Kier alpha value is -3.33. The van der Waals surface area contributed by atoms with Crippen molar-refractivity contribution in [2.24, 2.45) is 0 Å². The lowest BCUT2D eigenvalue weighted by molar-refractivity contribution is -0.193. The van der Waals surface area contributed by atoms with E-state index >= 15 is 0 Å². The Labute approximate surface area is 213 Å². The number of hydrogen-bond donors (Lipinski definition) is 2. The number of hydrogen-bond acceptors (Lipinski definition) is 6. The number of rotatable bonds is 5. The van der Waals surface area contributed by atoms with Gasteiger partial charge in [0, 0.05) is 44.4 Å². The maximum atomic E-state index is 12.3. The highest BCUT2D eigenvalue weighted by atomic mass is 19.4. The molecule has 1 aliphatic heterocycles. The molecule has 0 spiro atoms. The minimum absolute atomic E-state index is 0.116. The van der Waals surface area contributed by atoms with Gasteiger partial charge < -0.3 is 24.1 Å². The zero-order chi connectivity index (χ0) is 29.3. The highest BCUT2D eigenvalue weighted by Gasteiger charge is 2.38. The van der Waals surface area contributed by atoms with Crippen LogP contribution < -0.4 is 5.56 Å². The van der Waals surface area contributed by atoms with Gasteiger partial charge in [-0.2, -0.15) is 26.3 Å². The zero-order valence-electron chi connectivity index (χ0n) is 20.9. The Morgan fingerprint density at radius 1 is 0.947 bits per heavy atom. The second kappa shape index (κ2) is 14.0. The Balaban J connectivity index is 0.000000426. The van der Waals surface area contributed by atoms with Gasteiger partial charge >= 0.3 is 24.3 Å². The number of carboxylic acids is 2. The summed E-state index contributed by atoms with van der Waals surface area (Å²) in [5, 5.41) is 14.2. The fourth-order valence-electron chi connectivity index (χ4n) is 3.34. The minimum atomic E-state index is -5.08. The van der Waals surface area contributed by atoms with E-state index < -0.39 is 24.3 Å². The van der Waals surface area contributed by atoms with E-state index in [0.717, 1.165) is 57.1 Å². The van der Waals surface area contributed by atoms with Gasteiger partial charge in [-0.15, -0.1) is 0 Å². The molecule has 0 bridgehead atoms. The average Bonchev–Trinajstić information content (AvgIpc) is 3.08. The molecule has 9 nitrogen and oxygen atoms in total. The number of aromatic nitrogens is 1. The summed E-state index contributed by atoms with van der Waals surface area (Å²) in [5.74, 6) is -3.54. The number of aryl methyl sites for hydroxylation is 1. The molecule has 15 heteroatoms. The van der Waals surface area contributed by atoms with Crippen LogP contribution in [0.5, 0.6) is 0 Å². The standard InChI is InChI=1S/C19H27N3O2.2C2HF3O2/c1-15-4-6-17(24-15)14-21-10-8-16-5-7-19(23)22(13-12-20(2)3)18(16)9-11-21;2*3-2(4,5)1(6)7/h4-7H,8-14H2,1-3H3;2*(H,6,7). The van der Waals surface area contributed by atoms with Gasteiger partial charge in [0.2, 0.25) is 0 Å². The highest BCUT2D eigenvalue weighted by Crippen LogP contribution is 2.18. The van der Waals surface area contributed by atoms with Gasteiger partial charge in [-0.1, -0.05) is 6.07 Å². The van der Waals surface area contributed by atoms with Crippen molar-refractivity contribution in [1.29, 1.82) is 0 Å². The fourth-order valence-corrected chi connectivity index (χ4v) is 3.34. The summed E-state index contributed by atoms with van der Waals surface area (Å²) < 4.78 is 71.1. The van der Waals surface area contributed by atoms with E-state index in [4.69, 9.17) is 24.2 Å². The van der Waals surface area contributed by atoms with Crippen molar-refractivity contribution in [2.75, 3.05) is 33.7 Å². The molecule has 1 aliphatic rings. The van der Waals surface area contributed by atoms with Gasteiger partial charge in [0.25, 0.3) is 5.56 Å². The predicted octanol–water partition coefficient (Wildman–Crippen LogP) is 3.18.